The van der Waals surface area contributed by atoms with Crippen molar-refractivity contribution in [1.29, 1.82) is 0 Å². The Hall–Kier alpha value is -0.0800. The molecule has 0 aromatic heterocycles. The van der Waals surface area contributed by atoms with Crippen molar-refractivity contribution in [2.45, 2.75) is 71.4 Å². The smallest absolute Gasteiger partial charge is 0.0107 e. The van der Waals surface area contributed by atoms with E-state index in [2.05, 4.69) is 38.0 Å². The third-order valence-electron chi connectivity index (χ3n) is 4.50. The van der Waals surface area contributed by atoms with Crippen LogP contribution in [0.2, 0.25) is 0 Å². The fraction of sp³-hybridized carbons (Fsp3) is 1.00. The van der Waals surface area contributed by atoms with Crippen LogP contribution in [0.5, 0.6) is 0 Å². The van der Waals surface area contributed by atoms with Crippen LogP contribution in [0.3, 0.4) is 0 Å². The molecule has 0 heterocycles. The highest BCUT2D eigenvalue weighted by molar-refractivity contribution is 4.74. The maximum Gasteiger partial charge on any atom is 0.0107 e. The maximum absolute atomic E-state index is 3.75. The number of rotatable bonds is 6. The van der Waals surface area contributed by atoms with Gasteiger partial charge in [-0.15, -0.1) is 0 Å². The average molecular weight is 240 g/mol. The zero-order valence-corrected chi connectivity index (χ0v) is 12.3. The molecule has 3 atom stereocenters. The first-order valence-electron chi connectivity index (χ1n) is 7.57. The van der Waals surface area contributed by atoms with Gasteiger partial charge in [0.05, 0.1) is 0 Å². The van der Waals surface area contributed by atoms with Crippen molar-refractivity contribution >= 4 is 0 Å². The molecule has 1 N–H and O–H groups in total. The van der Waals surface area contributed by atoms with Gasteiger partial charge in [-0.25, -0.2) is 0 Å². The highest BCUT2D eigenvalue weighted by Crippen LogP contribution is 2.22. The topological polar surface area (TPSA) is 15.3 Å². The highest BCUT2D eigenvalue weighted by atomic mass is 15.1. The van der Waals surface area contributed by atoms with Crippen LogP contribution in [0.25, 0.3) is 0 Å². The normalized spacial score (nSPS) is 28.1. The Kier molecular flexibility index (Phi) is 7.14. The lowest BCUT2D eigenvalue weighted by atomic mass is 10.0. The van der Waals surface area contributed by atoms with Crippen molar-refractivity contribution in [2.75, 3.05) is 20.1 Å². The lowest BCUT2D eigenvalue weighted by Crippen LogP contribution is -2.38. The predicted molar refractivity (Wildman–Crippen MR) is 76.4 cm³/mol. The second kappa shape index (κ2) is 8.10. The summed E-state index contributed by atoms with van der Waals surface area (Å²) in [6.07, 6.45) is 8.28. The molecule has 0 amide bonds. The van der Waals surface area contributed by atoms with E-state index in [-0.39, 0.29) is 0 Å². The molecular weight excluding hydrogens is 208 g/mol. The van der Waals surface area contributed by atoms with Crippen molar-refractivity contribution in [2.24, 2.45) is 5.92 Å². The molecule has 2 heteroatoms. The molecule has 0 radical (unpaired) electrons. The van der Waals surface area contributed by atoms with Gasteiger partial charge in [0.1, 0.15) is 0 Å². The second-order valence-corrected chi connectivity index (χ2v) is 6.00. The van der Waals surface area contributed by atoms with Gasteiger partial charge in [-0.1, -0.05) is 26.7 Å². The van der Waals surface area contributed by atoms with E-state index in [1.807, 2.05) is 0 Å². The third kappa shape index (κ3) is 5.87. The number of nitrogens with one attached hydrogen (secondary N) is 1. The standard InChI is InChI=1S/C15H32N2/c1-5-14(3)17(4)12-11-16-15-8-6-7-13(2)9-10-15/h13-16H,5-12H2,1-4H3. The molecule has 0 aromatic carbocycles. The van der Waals surface area contributed by atoms with Crippen molar-refractivity contribution in [3.63, 3.8) is 0 Å². The molecule has 102 valence electrons. The van der Waals surface area contributed by atoms with Gasteiger partial charge in [0.25, 0.3) is 0 Å². The van der Waals surface area contributed by atoms with E-state index in [0.29, 0.717) is 6.04 Å². The monoisotopic (exact) mass is 240 g/mol. The Labute approximate surface area is 108 Å². The number of likely N-dealkylation sites (N-methyl/N-ethyl adjacent to an activating group) is 1. The summed E-state index contributed by atoms with van der Waals surface area (Å²) in [4.78, 5) is 2.46. The van der Waals surface area contributed by atoms with E-state index in [1.165, 1.54) is 45.1 Å². The van der Waals surface area contributed by atoms with Crippen molar-refractivity contribution in [3.05, 3.63) is 0 Å². The van der Waals surface area contributed by atoms with Crippen LogP contribution < -0.4 is 5.32 Å². The molecule has 0 aliphatic heterocycles. The van der Waals surface area contributed by atoms with E-state index in [1.54, 1.807) is 0 Å². The zero-order valence-electron chi connectivity index (χ0n) is 12.3. The van der Waals surface area contributed by atoms with Gasteiger partial charge in [-0.05, 0) is 45.6 Å². The Balaban J connectivity index is 2.13. The lowest BCUT2D eigenvalue weighted by molar-refractivity contribution is 0.246. The average Bonchev–Trinajstić information content (AvgIpc) is 2.53. The molecule has 1 fully saturated rings. The fourth-order valence-electron chi connectivity index (χ4n) is 2.67. The van der Waals surface area contributed by atoms with E-state index in [9.17, 15) is 0 Å². The van der Waals surface area contributed by atoms with Gasteiger partial charge in [-0.2, -0.15) is 0 Å². The molecule has 0 aromatic rings. The summed E-state index contributed by atoms with van der Waals surface area (Å²) in [5, 5.41) is 3.75. The van der Waals surface area contributed by atoms with Gasteiger partial charge in [0, 0.05) is 25.2 Å². The molecule has 0 saturated heterocycles. The fourth-order valence-corrected chi connectivity index (χ4v) is 2.67. The van der Waals surface area contributed by atoms with Crippen LogP contribution in [-0.2, 0) is 0 Å². The SMILES string of the molecule is CCC(C)N(C)CCNC1CCCC(C)CC1. The number of nitrogens with zero attached hydrogens (tertiary/aromatic N) is 1. The molecule has 0 bridgehead atoms. The summed E-state index contributed by atoms with van der Waals surface area (Å²) in [5.41, 5.74) is 0. The quantitative estimate of drug-likeness (QED) is 0.717. The van der Waals surface area contributed by atoms with Crippen LogP contribution in [0, 0.1) is 5.92 Å². The van der Waals surface area contributed by atoms with Gasteiger partial charge >= 0.3 is 0 Å². The van der Waals surface area contributed by atoms with Crippen LogP contribution in [0.1, 0.15) is 59.3 Å². The highest BCUT2D eigenvalue weighted by Gasteiger charge is 2.15. The first kappa shape index (κ1) is 15.0. The van der Waals surface area contributed by atoms with Crippen molar-refractivity contribution in [1.82, 2.24) is 10.2 Å². The van der Waals surface area contributed by atoms with Gasteiger partial charge in [0.2, 0.25) is 0 Å². The summed E-state index contributed by atoms with van der Waals surface area (Å²) >= 11 is 0. The summed E-state index contributed by atoms with van der Waals surface area (Å²) < 4.78 is 0. The maximum atomic E-state index is 3.75. The minimum atomic E-state index is 0.714. The molecular formula is C15H32N2. The number of hydrogen-bond acceptors (Lipinski definition) is 2. The van der Waals surface area contributed by atoms with Crippen LogP contribution >= 0.6 is 0 Å². The molecule has 3 unspecified atom stereocenters. The summed E-state index contributed by atoms with van der Waals surface area (Å²) in [6, 6.07) is 1.50. The molecule has 2 nitrogen and oxygen atoms in total. The molecule has 1 rings (SSSR count). The number of hydrogen-bond donors (Lipinski definition) is 1. The predicted octanol–water partition coefficient (Wildman–Crippen LogP) is 3.28. The first-order chi connectivity index (χ1) is 8.13. The minimum absolute atomic E-state index is 0.714. The largest absolute Gasteiger partial charge is 0.313 e. The summed E-state index contributed by atoms with van der Waals surface area (Å²) in [7, 11) is 2.24. The second-order valence-electron chi connectivity index (χ2n) is 6.00. The summed E-state index contributed by atoms with van der Waals surface area (Å²) in [6.45, 7) is 9.31. The van der Waals surface area contributed by atoms with E-state index in [4.69, 9.17) is 0 Å². The van der Waals surface area contributed by atoms with Crippen molar-refractivity contribution < 1.29 is 0 Å². The molecule has 17 heavy (non-hydrogen) atoms. The Morgan fingerprint density at radius 2 is 2.00 bits per heavy atom. The summed E-state index contributed by atoms with van der Waals surface area (Å²) in [5.74, 6) is 0.949. The molecule has 1 aliphatic rings. The van der Waals surface area contributed by atoms with Crippen LogP contribution in [-0.4, -0.2) is 37.1 Å². The zero-order chi connectivity index (χ0) is 12.7. The van der Waals surface area contributed by atoms with Crippen LogP contribution in [0.15, 0.2) is 0 Å². The third-order valence-corrected chi connectivity index (χ3v) is 4.50. The Morgan fingerprint density at radius 3 is 2.71 bits per heavy atom. The Bertz CT molecular complexity index is 193. The minimum Gasteiger partial charge on any atom is -0.313 e. The van der Waals surface area contributed by atoms with E-state index < -0.39 is 0 Å². The van der Waals surface area contributed by atoms with Gasteiger partial charge in [0.15, 0.2) is 0 Å². The van der Waals surface area contributed by atoms with E-state index in [0.717, 1.165) is 18.5 Å². The lowest BCUT2D eigenvalue weighted by Gasteiger charge is -2.25. The molecule has 1 aliphatic carbocycles. The molecule has 1 saturated carbocycles. The Morgan fingerprint density at radius 1 is 1.24 bits per heavy atom. The van der Waals surface area contributed by atoms with E-state index >= 15 is 0 Å². The van der Waals surface area contributed by atoms with Crippen LogP contribution in [0.4, 0.5) is 0 Å². The molecule has 0 spiro atoms. The van der Waals surface area contributed by atoms with Gasteiger partial charge in [-0.3, -0.25) is 0 Å². The van der Waals surface area contributed by atoms with Crippen molar-refractivity contribution in [3.8, 4) is 0 Å². The first-order valence-corrected chi connectivity index (χ1v) is 7.57. The van der Waals surface area contributed by atoms with Gasteiger partial charge < -0.3 is 10.2 Å².